The first-order valence-corrected chi connectivity index (χ1v) is 13.1. The minimum Gasteiger partial charge on any atom is -0.394 e. The number of hydrogen-bond donors (Lipinski definition) is 3. The fourth-order valence-corrected chi connectivity index (χ4v) is 4.18. The quantitative estimate of drug-likeness (QED) is 0.166. The van der Waals surface area contributed by atoms with Crippen molar-refractivity contribution in [3.05, 3.63) is 12.2 Å². The topological polar surface area (TPSA) is 79.2 Å². The molecule has 184 valence electrons. The molecule has 1 heterocycles. The molecule has 0 bridgehead atoms. The number of rotatable bonds is 21. The number of aliphatic hydroxyl groups is 3. The molecule has 5 nitrogen and oxygen atoms in total. The van der Waals surface area contributed by atoms with Crippen LogP contribution in [0, 0.1) is 0 Å². The summed E-state index contributed by atoms with van der Waals surface area (Å²) in [6.07, 6.45) is 22.5. The fourth-order valence-electron chi connectivity index (χ4n) is 4.18. The highest BCUT2D eigenvalue weighted by Crippen LogP contribution is 2.19. The van der Waals surface area contributed by atoms with E-state index in [1.165, 1.54) is 89.9 Å². The van der Waals surface area contributed by atoms with Gasteiger partial charge in [0.2, 0.25) is 0 Å². The maximum atomic E-state index is 9.84. The smallest absolute Gasteiger partial charge is 0.114 e. The van der Waals surface area contributed by atoms with Gasteiger partial charge in [0, 0.05) is 0 Å². The van der Waals surface area contributed by atoms with Gasteiger partial charge < -0.3 is 24.8 Å². The second-order valence-electron chi connectivity index (χ2n) is 9.09. The van der Waals surface area contributed by atoms with Gasteiger partial charge >= 0.3 is 0 Å². The van der Waals surface area contributed by atoms with Crippen molar-refractivity contribution in [3.8, 4) is 0 Å². The summed E-state index contributed by atoms with van der Waals surface area (Å²) in [7, 11) is 0. The Labute approximate surface area is 191 Å². The van der Waals surface area contributed by atoms with Gasteiger partial charge in [-0.15, -0.1) is 0 Å². The van der Waals surface area contributed by atoms with Gasteiger partial charge in [0.1, 0.15) is 24.4 Å². The lowest BCUT2D eigenvalue weighted by atomic mass is 10.0. The molecule has 0 radical (unpaired) electrons. The van der Waals surface area contributed by atoms with E-state index in [1.807, 2.05) is 0 Å². The minimum atomic E-state index is -0.993. The van der Waals surface area contributed by atoms with Crippen LogP contribution in [0.1, 0.15) is 110 Å². The van der Waals surface area contributed by atoms with Gasteiger partial charge in [0.05, 0.1) is 19.8 Å². The zero-order valence-corrected chi connectivity index (χ0v) is 20.1. The molecule has 0 aliphatic carbocycles. The standard InChI is InChI=1S/C26H50O5/c1-2-3-4-5-6-7-8-9-10-11-12-13-14-15-16-17-18-19-20-30-24(21-27)26-25(29)23(28)22-31-26/h17-18,23-29H,2-16,19-22H2,1H3/b18-17+/t23-,24+,25+,26+/m0/s1. The average molecular weight is 443 g/mol. The lowest BCUT2D eigenvalue weighted by Crippen LogP contribution is -2.42. The summed E-state index contributed by atoms with van der Waals surface area (Å²) in [5.74, 6) is 0. The molecule has 0 unspecified atom stereocenters. The molecule has 4 atom stereocenters. The van der Waals surface area contributed by atoms with E-state index in [4.69, 9.17) is 9.47 Å². The zero-order chi connectivity index (χ0) is 22.6. The van der Waals surface area contributed by atoms with Crippen LogP contribution < -0.4 is 0 Å². The molecule has 0 aromatic carbocycles. The van der Waals surface area contributed by atoms with Gasteiger partial charge in [-0.2, -0.15) is 0 Å². The highest BCUT2D eigenvalue weighted by molar-refractivity contribution is 4.89. The molecule has 5 heteroatoms. The number of allylic oxidation sites excluding steroid dienone is 1. The van der Waals surface area contributed by atoms with Crippen molar-refractivity contribution in [2.45, 2.75) is 134 Å². The number of hydrogen-bond acceptors (Lipinski definition) is 5. The van der Waals surface area contributed by atoms with Crippen molar-refractivity contribution in [1.82, 2.24) is 0 Å². The summed E-state index contributed by atoms with van der Waals surface area (Å²) in [4.78, 5) is 0. The van der Waals surface area contributed by atoms with E-state index in [0.717, 1.165) is 12.8 Å². The van der Waals surface area contributed by atoms with Crippen LogP contribution in [-0.2, 0) is 9.47 Å². The summed E-state index contributed by atoms with van der Waals surface area (Å²) in [5, 5.41) is 28.8. The van der Waals surface area contributed by atoms with Crippen LogP contribution in [0.3, 0.4) is 0 Å². The van der Waals surface area contributed by atoms with E-state index in [9.17, 15) is 15.3 Å². The Bertz CT molecular complexity index is 415. The van der Waals surface area contributed by atoms with Crippen LogP contribution in [0.2, 0.25) is 0 Å². The Balaban J connectivity index is 1.83. The van der Waals surface area contributed by atoms with Gasteiger partial charge in [-0.05, 0) is 19.3 Å². The Hall–Kier alpha value is -0.460. The Kier molecular flexibility index (Phi) is 18.6. The maximum absolute atomic E-state index is 9.84. The lowest BCUT2D eigenvalue weighted by Gasteiger charge is -2.24. The molecule has 3 N–H and O–H groups in total. The second kappa shape index (κ2) is 20.2. The van der Waals surface area contributed by atoms with Crippen LogP contribution in [0.5, 0.6) is 0 Å². The third kappa shape index (κ3) is 14.3. The largest absolute Gasteiger partial charge is 0.394 e. The number of ether oxygens (including phenoxy) is 2. The first-order valence-electron chi connectivity index (χ1n) is 13.1. The summed E-state index contributed by atoms with van der Waals surface area (Å²) in [6.45, 7) is 2.61. The summed E-state index contributed by atoms with van der Waals surface area (Å²) >= 11 is 0. The van der Waals surface area contributed by atoms with Gasteiger partial charge in [-0.25, -0.2) is 0 Å². The van der Waals surface area contributed by atoms with Crippen LogP contribution in [0.25, 0.3) is 0 Å². The summed E-state index contributed by atoms with van der Waals surface area (Å²) in [6, 6.07) is 0. The fraction of sp³-hybridized carbons (Fsp3) is 0.923. The molecule has 0 amide bonds. The predicted octanol–water partition coefficient (Wildman–Crippen LogP) is 5.30. The molecule has 0 spiro atoms. The van der Waals surface area contributed by atoms with E-state index >= 15 is 0 Å². The molecule has 1 rings (SSSR count). The zero-order valence-electron chi connectivity index (χ0n) is 20.1. The van der Waals surface area contributed by atoms with Gasteiger partial charge in [-0.1, -0.05) is 103 Å². The van der Waals surface area contributed by atoms with Crippen LogP contribution in [0.15, 0.2) is 12.2 Å². The molecular weight excluding hydrogens is 392 g/mol. The molecule has 0 aromatic heterocycles. The average Bonchev–Trinajstić information content (AvgIpc) is 3.11. The summed E-state index contributed by atoms with van der Waals surface area (Å²) in [5.41, 5.74) is 0. The van der Waals surface area contributed by atoms with Crippen LogP contribution in [-0.4, -0.2) is 59.6 Å². The molecular formula is C26H50O5. The van der Waals surface area contributed by atoms with Crippen molar-refractivity contribution in [2.24, 2.45) is 0 Å². The minimum absolute atomic E-state index is 0.0881. The summed E-state index contributed by atoms with van der Waals surface area (Å²) < 4.78 is 10.9. The molecule has 0 saturated carbocycles. The Morgan fingerprint density at radius 3 is 1.81 bits per heavy atom. The third-order valence-electron chi connectivity index (χ3n) is 6.24. The van der Waals surface area contributed by atoms with E-state index in [2.05, 4.69) is 19.1 Å². The number of aliphatic hydroxyl groups excluding tert-OH is 3. The van der Waals surface area contributed by atoms with Crippen molar-refractivity contribution >= 4 is 0 Å². The van der Waals surface area contributed by atoms with Gasteiger partial charge in [0.25, 0.3) is 0 Å². The highest BCUT2D eigenvalue weighted by atomic mass is 16.6. The lowest BCUT2D eigenvalue weighted by molar-refractivity contribution is -0.0996. The second-order valence-corrected chi connectivity index (χ2v) is 9.09. The first-order chi connectivity index (χ1) is 15.2. The molecule has 31 heavy (non-hydrogen) atoms. The molecule has 0 aromatic rings. The van der Waals surface area contributed by atoms with Crippen LogP contribution >= 0.6 is 0 Å². The molecule has 1 fully saturated rings. The number of unbranched alkanes of at least 4 members (excludes halogenated alkanes) is 14. The molecule has 1 saturated heterocycles. The SMILES string of the molecule is CCCCCCCCCCCCCCCC/C=C/CCO[C@H](CO)[C@H]1OC[C@H](O)[C@H]1O. The predicted molar refractivity (Wildman–Crippen MR) is 127 cm³/mol. The monoisotopic (exact) mass is 442 g/mol. The van der Waals surface area contributed by atoms with Crippen molar-refractivity contribution in [1.29, 1.82) is 0 Å². The van der Waals surface area contributed by atoms with Crippen molar-refractivity contribution in [3.63, 3.8) is 0 Å². The van der Waals surface area contributed by atoms with E-state index in [-0.39, 0.29) is 13.2 Å². The first kappa shape index (κ1) is 28.6. The van der Waals surface area contributed by atoms with Crippen molar-refractivity contribution < 1.29 is 24.8 Å². The van der Waals surface area contributed by atoms with E-state index in [1.54, 1.807) is 0 Å². The van der Waals surface area contributed by atoms with Crippen LogP contribution in [0.4, 0.5) is 0 Å². The molecule has 1 aliphatic rings. The maximum Gasteiger partial charge on any atom is 0.114 e. The normalized spacial score (nSPS) is 22.5. The van der Waals surface area contributed by atoms with Crippen molar-refractivity contribution in [2.75, 3.05) is 19.8 Å². The third-order valence-corrected chi connectivity index (χ3v) is 6.24. The van der Waals surface area contributed by atoms with Gasteiger partial charge in [-0.3, -0.25) is 0 Å². The Morgan fingerprint density at radius 1 is 0.806 bits per heavy atom. The van der Waals surface area contributed by atoms with E-state index < -0.39 is 24.4 Å². The molecule has 1 aliphatic heterocycles. The van der Waals surface area contributed by atoms with Gasteiger partial charge in [0.15, 0.2) is 0 Å². The highest BCUT2D eigenvalue weighted by Gasteiger charge is 2.40. The van der Waals surface area contributed by atoms with E-state index in [0.29, 0.717) is 6.61 Å². The Morgan fingerprint density at radius 2 is 1.32 bits per heavy atom.